The standard InChI is InChI=1S/C12H14O/c1-2-8-12(9-10-13-12)11-6-4-3-5-7-11/h2-7H,1,8-10H2. The first-order chi connectivity index (χ1) is 6.37. The van der Waals surface area contributed by atoms with E-state index < -0.39 is 0 Å². The summed E-state index contributed by atoms with van der Waals surface area (Å²) in [6.07, 6.45) is 3.96. The van der Waals surface area contributed by atoms with E-state index in [9.17, 15) is 0 Å². The van der Waals surface area contributed by atoms with Gasteiger partial charge in [-0.3, -0.25) is 0 Å². The molecule has 13 heavy (non-hydrogen) atoms. The van der Waals surface area contributed by atoms with Crippen molar-refractivity contribution < 1.29 is 4.74 Å². The lowest BCUT2D eigenvalue weighted by Crippen LogP contribution is -2.40. The summed E-state index contributed by atoms with van der Waals surface area (Å²) in [6, 6.07) is 10.4. The zero-order chi connectivity index (χ0) is 9.15. The fourth-order valence-electron chi connectivity index (χ4n) is 1.83. The monoisotopic (exact) mass is 174 g/mol. The summed E-state index contributed by atoms with van der Waals surface area (Å²) in [7, 11) is 0. The summed E-state index contributed by atoms with van der Waals surface area (Å²) >= 11 is 0. The smallest absolute Gasteiger partial charge is 0.0987 e. The summed E-state index contributed by atoms with van der Waals surface area (Å²) in [5.41, 5.74) is 1.23. The normalized spacial score (nSPS) is 26.5. The van der Waals surface area contributed by atoms with E-state index in [0.717, 1.165) is 19.4 Å². The van der Waals surface area contributed by atoms with E-state index in [1.807, 2.05) is 12.1 Å². The summed E-state index contributed by atoms with van der Waals surface area (Å²) in [5, 5.41) is 0. The van der Waals surface area contributed by atoms with Gasteiger partial charge >= 0.3 is 0 Å². The Morgan fingerprint density at radius 1 is 1.38 bits per heavy atom. The van der Waals surface area contributed by atoms with Crippen molar-refractivity contribution in [3.8, 4) is 0 Å². The minimum Gasteiger partial charge on any atom is -0.370 e. The summed E-state index contributed by atoms with van der Waals surface area (Å²) in [6.45, 7) is 4.65. The third-order valence-electron chi connectivity index (χ3n) is 2.66. The van der Waals surface area contributed by atoms with Crippen LogP contribution in [0.5, 0.6) is 0 Å². The van der Waals surface area contributed by atoms with E-state index in [2.05, 4.69) is 30.8 Å². The van der Waals surface area contributed by atoms with Crippen LogP contribution in [0.1, 0.15) is 18.4 Å². The highest BCUT2D eigenvalue weighted by atomic mass is 16.5. The van der Waals surface area contributed by atoms with Gasteiger partial charge in [-0.25, -0.2) is 0 Å². The van der Waals surface area contributed by atoms with Crippen molar-refractivity contribution in [3.05, 3.63) is 48.6 Å². The van der Waals surface area contributed by atoms with Crippen LogP contribution >= 0.6 is 0 Å². The lowest BCUT2D eigenvalue weighted by Gasteiger charge is -2.41. The second-order valence-corrected chi connectivity index (χ2v) is 3.45. The van der Waals surface area contributed by atoms with Crippen LogP contribution in [0.3, 0.4) is 0 Å². The first-order valence-electron chi connectivity index (χ1n) is 4.68. The molecule has 0 amide bonds. The minimum absolute atomic E-state index is 0.0526. The molecular weight excluding hydrogens is 160 g/mol. The second kappa shape index (κ2) is 3.35. The Balaban J connectivity index is 2.26. The molecule has 0 radical (unpaired) electrons. The van der Waals surface area contributed by atoms with Crippen LogP contribution in [-0.2, 0) is 10.3 Å². The van der Waals surface area contributed by atoms with Crippen molar-refractivity contribution >= 4 is 0 Å². The molecule has 1 aromatic carbocycles. The Morgan fingerprint density at radius 2 is 2.08 bits per heavy atom. The van der Waals surface area contributed by atoms with Crippen LogP contribution < -0.4 is 0 Å². The van der Waals surface area contributed by atoms with Crippen LogP contribution in [-0.4, -0.2) is 6.61 Å². The maximum Gasteiger partial charge on any atom is 0.0987 e. The number of benzene rings is 1. The van der Waals surface area contributed by atoms with Crippen LogP contribution in [0.15, 0.2) is 43.0 Å². The van der Waals surface area contributed by atoms with Crippen molar-refractivity contribution in [2.45, 2.75) is 18.4 Å². The van der Waals surface area contributed by atoms with Crippen LogP contribution in [0.2, 0.25) is 0 Å². The minimum atomic E-state index is -0.0526. The van der Waals surface area contributed by atoms with Gasteiger partial charge in [0.05, 0.1) is 12.2 Å². The van der Waals surface area contributed by atoms with Gasteiger partial charge in [0.1, 0.15) is 0 Å². The highest BCUT2D eigenvalue weighted by molar-refractivity contribution is 5.25. The van der Waals surface area contributed by atoms with Gasteiger partial charge in [-0.15, -0.1) is 6.58 Å². The van der Waals surface area contributed by atoms with E-state index in [1.54, 1.807) is 0 Å². The average Bonchev–Trinajstić information content (AvgIpc) is 2.13. The van der Waals surface area contributed by atoms with Crippen LogP contribution in [0, 0.1) is 0 Å². The topological polar surface area (TPSA) is 9.23 Å². The second-order valence-electron chi connectivity index (χ2n) is 3.45. The third kappa shape index (κ3) is 1.40. The molecule has 1 aliphatic rings. The average molecular weight is 174 g/mol. The number of ether oxygens (including phenoxy) is 1. The van der Waals surface area contributed by atoms with E-state index >= 15 is 0 Å². The maximum absolute atomic E-state index is 5.67. The van der Waals surface area contributed by atoms with E-state index in [1.165, 1.54) is 5.56 Å². The molecule has 1 unspecified atom stereocenters. The summed E-state index contributed by atoms with van der Waals surface area (Å²) < 4.78 is 5.67. The van der Waals surface area contributed by atoms with Gasteiger partial charge in [-0.2, -0.15) is 0 Å². The van der Waals surface area contributed by atoms with Gasteiger partial charge in [0, 0.05) is 6.42 Å². The maximum atomic E-state index is 5.67. The highest BCUT2D eigenvalue weighted by Gasteiger charge is 2.38. The molecule has 0 bridgehead atoms. The zero-order valence-electron chi connectivity index (χ0n) is 7.70. The summed E-state index contributed by atoms with van der Waals surface area (Å²) in [4.78, 5) is 0. The molecule has 1 heteroatoms. The molecule has 1 saturated heterocycles. The SMILES string of the molecule is C=CCC1(c2ccccc2)CCO1. The van der Waals surface area contributed by atoms with Gasteiger partial charge in [0.2, 0.25) is 0 Å². The first-order valence-corrected chi connectivity index (χ1v) is 4.68. The van der Waals surface area contributed by atoms with E-state index in [0.29, 0.717) is 0 Å². The zero-order valence-corrected chi connectivity index (χ0v) is 7.70. The van der Waals surface area contributed by atoms with Crippen molar-refractivity contribution in [1.29, 1.82) is 0 Å². The van der Waals surface area contributed by atoms with Gasteiger partial charge < -0.3 is 4.74 Å². The molecule has 0 aliphatic carbocycles. The molecular formula is C12H14O. The third-order valence-corrected chi connectivity index (χ3v) is 2.66. The Labute approximate surface area is 79.0 Å². The Kier molecular flexibility index (Phi) is 2.19. The van der Waals surface area contributed by atoms with Crippen molar-refractivity contribution in [3.63, 3.8) is 0 Å². The number of rotatable bonds is 3. The molecule has 1 atom stereocenters. The van der Waals surface area contributed by atoms with Gasteiger partial charge in [0.25, 0.3) is 0 Å². The molecule has 1 fully saturated rings. The molecule has 68 valence electrons. The van der Waals surface area contributed by atoms with Crippen LogP contribution in [0.25, 0.3) is 0 Å². The van der Waals surface area contributed by atoms with Gasteiger partial charge in [-0.1, -0.05) is 36.4 Å². The molecule has 0 spiro atoms. The fraction of sp³-hybridized carbons (Fsp3) is 0.333. The molecule has 0 saturated carbocycles. The quantitative estimate of drug-likeness (QED) is 0.640. The fourth-order valence-corrected chi connectivity index (χ4v) is 1.83. The summed E-state index contributed by atoms with van der Waals surface area (Å²) in [5.74, 6) is 0. The van der Waals surface area contributed by atoms with Gasteiger partial charge in [0.15, 0.2) is 0 Å². The highest BCUT2D eigenvalue weighted by Crippen LogP contribution is 2.40. The van der Waals surface area contributed by atoms with E-state index in [4.69, 9.17) is 4.74 Å². The number of hydrogen-bond acceptors (Lipinski definition) is 1. The van der Waals surface area contributed by atoms with Crippen LogP contribution in [0.4, 0.5) is 0 Å². The first kappa shape index (κ1) is 8.52. The van der Waals surface area contributed by atoms with Gasteiger partial charge in [-0.05, 0) is 12.0 Å². The lowest BCUT2D eigenvalue weighted by atomic mass is 9.84. The van der Waals surface area contributed by atoms with E-state index in [-0.39, 0.29) is 5.60 Å². The van der Waals surface area contributed by atoms with Crippen molar-refractivity contribution in [2.75, 3.05) is 6.61 Å². The Hall–Kier alpha value is -1.08. The molecule has 0 aromatic heterocycles. The predicted octanol–water partition coefficient (Wildman–Crippen LogP) is 2.88. The Bertz CT molecular complexity index is 285. The molecule has 2 rings (SSSR count). The van der Waals surface area contributed by atoms with Crippen molar-refractivity contribution in [1.82, 2.24) is 0 Å². The largest absolute Gasteiger partial charge is 0.370 e. The Morgan fingerprint density at radius 3 is 2.54 bits per heavy atom. The lowest BCUT2D eigenvalue weighted by molar-refractivity contribution is -0.151. The van der Waals surface area contributed by atoms with Crippen molar-refractivity contribution in [2.24, 2.45) is 0 Å². The number of hydrogen-bond donors (Lipinski definition) is 0. The molecule has 1 heterocycles. The molecule has 1 nitrogen and oxygen atoms in total. The molecule has 1 aromatic rings. The predicted molar refractivity (Wildman–Crippen MR) is 53.5 cm³/mol. The molecule has 1 aliphatic heterocycles. The molecule has 0 N–H and O–H groups in total.